The van der Waals surface area contributed by atoms with E-state index < -0.39 is 10.1 Å². The molecule has 0 amide bonds. The van der Waals surface area contributed by atoms with E-state index in [9.17, 15) is 8.42 Å². The van der Waals surface area contributed by atoms with E-state index in [0.29, 0.717) is 5.52 Å². The number of rotatable bonds is 3. The lowest BCUT2D eigenvalue weighted by molar-refractivity contribution is 0.477. The van der Waals surface area contributed by atoms with Gasteiger partial charge in [-0.3, -0.25) is 0 Å². The maximum Gasteiger partial charge on any atom is 0.340 e. The number of benzene rings is 2. The molecule has 0 spiro atoms. The molecule has 0 saturated heterocycles. The normalized spacial score (nSPS) is 11.5. The summed E-state index contributed by atoms with van der Waals surface area (Å²) in [5.41, 5.74) is 2.61. The van der Waals surface area contributed by atoms with E-state index in [-0.39, 0.29) is 10.8 Å². The molecule has 0 aliphatic heterocycles. The number of pyridine rings is 1. The van der Waals surface area contributed by atoms with E-state index >= 15 is 0 Å². The second kappa shape index (κ2) is 5.42. The lowest BCUT2D eigenvalue weighted by atomic mass is 10.1. The van der Waals surface area contributed by atoms with Crippen LogP contribution in [0.25, 0.3) is 10.9 Å². The molecule has 22 heavy (non-hydrogen) atoms. The Morgan fingerprint density at radius 2 is 1.64 bits per heavy atom. The van der Waals surface area contributed by atoms with Crippen molar-refractivity contribution in [3.63, 3.8) is 0 Å². The Hall–Kier alpha value is -2.40. The Bertz CT molecular complexity index is 932. The summed E-state index contributed by atoms with van der Waals surface area (Å²) in [6.45, 7) is 3.79. The zero-order valence-electron chi connectivity index (χ0n) is 12.3. The maximum atomic E-state index is 12.3. The van der Waals surface area contributed by atoms with Crippen LogP contribution in [0, 0.1) is 13.8 Å². The second-order valence-corrected chi connectivity index (χ2v) is 6.69. The van der Waals surface area contributed by atoms with Gasteiger partial charge in [-0.2, -0.15) is 8.42 Å². The Balaban J connectivity index is 2.00. The first-order valence-electron chi connectivity index (χ1n) is 6.83. The van der Waals surface area contributed by atoms with Gasteiger partial charge in [-0.1, -0.05) is 35.9 Å². The molecule has 1 heterocycles. The van der Waals surface area contributed by atoms with Crippen LogP contribution < -0.4 is 4.18 Å². The highest BCUT2D eigenvalue weighted by Gasteiger charge is 2.17. The maximum absolute atomic E-state index is 12.3. The van der Waals surface area contributed by atoms with Gasteiger partial charge in [0.15, 0.2) is 0 Å². The van der Waals surface area contributed by atoms with Crippen LogP contribution in [-0.4, -0.2) is 13.4 Å². The van der Waals surface area contributed by atoms with Crippen LogP contribution in [0.4, 0.5) is 0 Å². The monoisotopic (exact) mass is 313 g/mol. The minimum atomic E-state index is -3.88. The Morgan fingerprint density at radius 3 is 2.36 bits per heavy atom. The molecule has 0 unspecified atom stereocenters. The number of aryl methyl sites for hydroxylation is 2. The van der Waals surface area contributed by atoms with Crippen LogP contribution in [0.3, 0.4) is 0 Å². The van der Waals surface area contributed by atoms with Gasteiger partial charge in [0.25, 0.3) is 0 Å². The van der Waals surface area contributed by atoms with Gasteiger partial charge < -0.3 is 4.18 Å². The third-order valence-electron chi connectivity index (χ3n) is 3.40. The minimum absolute atomic E-state index is 0.0803. The molecule has 3 rings (SSSR count). The highest BCUT2D eigenvalue weighted by Crippen LogP contribution is 2.23. The van der Waals surface area contributed by atoms with E-state index in [4.69, 9.17) is 4.18 Å². The number of fused-ring (bicyclic) bond motifs is 1. The fourth-order valence-electron chi connectivity index (χ4n) is 2.23. The molecule has 1 aromatic heterocycles. The van der Waals surface area contributed by atoms with E-state index in [1.165, 1.54) is 12.1 Å². The highest BCUT2D eigenvalue weighted by atomic mass is 32.2. The predicted octanol–water partition coefficient (Wildman–Crippen LogP) is 3.62. The molecule has 5 heteroatoms. The number of nitrogens with zero attached hydrogens (tertiary/aromatic N) is 1. The predicted molar refractivity (Wildman–Crippen MR) is 85.5 cm³/mol. The van der Waals surface area contributed by atoms with Crippen molar-refractivity contribution < 1.29 is 12.6 Å². The second-order valence-electron chi connectivity index (χ2n) is 5.15. The molecule has 0 aliphatic carbocycles. The largest absolute Gasteiger partial charge is 0.358 e. The summed E-state index contributed by atoms with van der Waals surface area (Å²) in [5, 5.41) is 0.975. The third kappa shape index (κ3) is 2.80. The number of hydrogen-bond donors (Lipinski definition) is 0. The van der Waals surface area contributed by atoms with Crippen LogP contribution in [0.15, 0.2) is 59.5 Å². The summed E-state index contributed by atoms with van der Waals surface area (Å²) in [6, 6.07) is 15.7. The standard InChI is InChI=1S/C17H15NO3S/c1-12-7-9-14(10-8-12)22(19,20)21-17-11-13(2)15-5-3-4-6-16(15)18-17/h3-11H,1-2H3. The molecule has 0 aliphatic rings. The molecule has 0 bridgehead atoms. The summed E-state index contributed by atoms with van der Waals surface area (Å²) >= 11 is 0. The SMILES string of the molecule is Cc1ccc(S(=O)(=O)Oc2cc(C)c3ccccc3n2)cc1. The highest BCUT2D eigenvalue weighted by molar-refractivity contribution is 7.87. The summed E-state index contributed by atoms with van der Waals surface area (Å²) in [4.78, 5) is 4.38. The topological polar surface area (TPSA) is 56.3 Å². The molecule has 2 aromatic carbocycles. The van der Waals surface area contributed by atoms with Crippen molar-refractivity contribution in [2.45, 2.75) is 18.7 Å². The van der Waals surface area contributed by atoms with Gasteiger partial charge in [0, 0.05) is 11.5 Å². The van der Waals surface area contributed by atoms with Crippen molar-refractivity contribution in [2.24, 2.45) is 0 Å². The van der Waals surface area contributed by atoms with Crippen molar-refractivity contribution in [3.05, 3.63) is 65.7 Å². The molecule has 0 radical (unpaired) electrons. The molecule has 0 saturated carbocycles. The zero-order valence-corrected chi connectivity index (χ0v) is 13.1. The molecule has 112 valence electrons. The number of aromatic nitrogens is 1. The molecule has 0 fully saturated rings. The third-order valence-corrected chi connectivity index (χ3v) is 4.64. The summed E-state index contributed by atoms with van der Waals surface area (Å²) in [5.74, 6) is 0.0803. The van der Waals surface area contributed by atoms with Crippen LogP contribution >= 0.6 is 0 Å². The molecular formula is C17H15NO3S. The van der Waals surface area contributed by atoms with Crippen molar-refractivity contribution in [1.82, 2.24) is 4.98 Å². The quantitative estimate of drug-likeness (QED) is 0.693. The van der Waals surface area contributed by atoms with Crippen molar-refractivity contribution in [2.75, 3.05) is 0 Å². The van der Waals surface area contributed by atoms with Crippen molar-refractivity contribution >= 4 is 21.0 Å². The van der Waals surface area contributed by atoms with Gasteiger partial charge in [0.1, 0.15) is 4.90 Å². The summed E-state index contributed by atoms with van der Waals surface area (Å²) in [7, 11) is -3.88. The molecule has 0 atom stereocenters. The van der Waals surface area contributed by atoms with E-state index in [1.807, 2.05) is 38.1 Å². The van der Waals surface area contributed by atoms with E-state index in [1.54, 1.807) is 18.2 Å². The Labute approximate surface area is 129 Å². The fraction of sp³-hybridized carbons (Fsp3) is 0.118. The van der Waals surface area contributed by atoms with Crippen LogP contribution in [-0.2, 0) is 10.1 Å². The molecule has 3 aromatic rings. The Kier molecular flexibility index (Phi) is 3.58. The summed E-state index contributed by atoms with van der Waals surface area (Å²) in [6.07, 6.45) is 0. The van der Waals surface area contributed by atoms with Gasteiger partial charge in [0.05, 0.1) is 5.52 Å². The number of hydrogen-bond acceptors (Lipinski definition) is 4. The van der Waals surface area contributed by atoms with Gasteiger partial charge in [-0.15, -0.1) is 0 Å². The lowest BCUT2D eigenvalue weighted by Crippen LogP contribution is -2.10. The van der Waals surface area contributed by atoms with Crippen LogP contribution in [0.5, 0.6) is 5.88 Å². The average Bonchev–Trinajstić information content (AvgIpc) is 2.47. The van der Waals surface area contributed by atoms with Gasteiger partial charge in [-0.05, 0) is 37.6 Å². The average molecular weight is 313 g/mol. The van der Waals surface area contributed by atoms with Gasteiger partial charge in [-0.25, -0.2) is 4.98 Å². The van der Waals surface area contributed by atoms with Crippen molar-refractivity contribution in [1.29, 1.82) is 0 Å². The fourth-order valence-corrected chi connectivity index (χ4v) is 3.10. The first-order chi connectivity index (χ1) is 10.5. The van der Waals surface area contributed by atoms with Crippen LogP contribution in [0.1, 0.15) is 11.1 Å². The minimum Gasteiger partial charge on any atom is -0.358 e. The van der Waals surface area contributed by atoms with Gasteiger partial charge >= 0.3 is 10.1 Å². The first kappa shape index (κ1) is 14.5. The van der Waals surface area contributed by atoms with E-state index in [2.05, 4.69) is 4.98 Å². The summed E-state index contributed by atoms with van der Waals surface area (Å²) < 4.78 is 29.8. The van der Waals surface area contributed by atoms with E-state index in [0.717, 1.165) is 16.5 Å². The van der Waals surface area contributed by atoms with Crippen LogP contribution in [0.2, 0.25) is 0 Å². The van der Waals surface area contributed by atoms with Crippen molar-refractivity contribution in [3.8, 4) is 5.88 Å². The van der Waals surface area contributed by atoms with Gasteiger partial charge in [0.2, 0.25) is 5.88 Å². The smallest absolute Gasteiger partial charge is 0.340 e. The first-order valence-corrected chi connectivity index (χ1v) is 8.24. The zero-order chi connectivity index (χ0) is 15.7. The Morgan fingerprint density at radius 1 is 0.955 bits per heavy atom. The number of para-hydroxylation sites is 1. The molecule has 4 nitrogen and oxygen atoms in total. The molecule has 0 N–H and O–H groups in total. The lowest BCUT2D eigenvalue weighted by Gasteiger charge is -2.09. The molecular weight excluding hydrogens is 298 g/mol.